The third-order valence-electron chi connectivity index (χ3n) is 5.99. The van der Waals surface area contributed by atoms with Crippen molar-refractivity contribution in [3.63, 3.8) is 0 Å². The lowest BCUT2D eigenvalue weighted by atomic mass is 9.79. The summed E-state index contributed by atoms with van der Waals surface area (Å²) in [6.45, 7) is 4.59. The van der Waals surface area contributed by atoms with E-state index < -0.39 is 17.5 Å². The third kappa shape index (κ3) is 4.97. The zero-order chi connectivity index (χ0) is 21.7. The Bertz CT molecular complexity index is 903. The highest BCUT2D eigenvalue weighted by atomic mass is 16.4. The molecule has 1 fully saturated rings. The van der Waals surface area contributed by atoms with E-state index in [0.717, 1.165) is 17.5 Å². The Morgan fingerprint density at radius 3 is 2.47 bits per heavy atom. The van der Waals surface area contributed by atoms with Crippen LogP contribution in [0.4, 0.5) is 0 Å². The molecule has 5 heteroatoms. The number of hydrogen-bond donors (Lipinski definition) is 2. The van der Waals surface area contributed by atoms with Crippen molar-refractivity contribution in [1.29, 1.82) is 0 Å². The van der Waals surface area contributed by atoms with Gasteiger partial charge in [0.25, 0.3) is 0 Å². The van der Waals surface area contributed by atoms with Gasteiger partial charge in [-0.05, 0) is 36.1 Å². The van der Waals surface area contributed by atoms with Gasteiger partial charge in [0.2, 0.25) is 5.91 Å². The summed E-state index contributed by atoms with van der Waals surface area (Å²) in [5.41, 5.74) is 1.88. The van der Waals surface area contributed by atoms with E-state index >= 15 is 0 Å². The minimum atomic E-state index is -0.946. The summed E-state index contributed by atoms with van der Waals surface area (Å²) in [7, 11) is 0. The normalized spacial score (nSPS) is 18.2. The van der Waals surface area contributed by atoms with Gasteiger partial charge < -0.3 is 15.1 Å². The molecule has 2 atom stereocenters. The Morgan fingerprint density at radius 1 is 1.17 bits per heavy atom. The minimum Gasteiger partial charge on any atom is -0.478 e. The Labute approximate surface area is 177 Å². The smallest absolute Gasteiger partial charge is 0.335 e. The second-order valence-corrected chi connectivity index (χ2v) is 8.36. The van der Waals surface area contributed by atoms with E-state index in [0.29, 0.717) is 19.4 Å². The van der Waals surface area contributed by atoms with E-state index in [-0.39, 0.29) is 17.5 Å². The van der Waals surface area contributed by atoms with E-state index in [2.05, 4.69) is 0 Å². The largest absolute Gasteiger partial charge is 0.478 e. The van der Waals surface area contributed by atoms with Gasteiger partial charge in [-0.25, -0.2) is 4.79 Å². The first-order valence-corrected chi connectivity index (χ1v) is 10.3. The SMILES string of the molecule is CC(C)(c1ccccc1)[C@H](O)/C=C/[C@H]1CCC(=O)N1CCc1ccc(C(=O)O)cc1. The van der Waals surface area contributed by atoms with Gasteiger partial charge in [0.05, 0.1) is 17.7 Å². The molecular formula is C25H29NO4. The van der Waals surface area contributed by atoms with Crippen molar-refractivity contribution < 1.29 is 19.8 Å². The average molecular weight is 408 g/mol. The summed E-state index contributed by atoms with van der Waals surface area (Å²) in [4.78, 5) is 25.2. The lowest BCUT2D eigenvalue weighted by Crippen LogP contribution is -2.35. The summed E-state index contributed by atoms with van der Waals surface area (Å²) < 4.78 is 0. The van der Waals surface area contributed by atoms with Crippen LogP contribution in [0, 0.1) is 0 Å². The van der Waals surface area contributed by atoms with Gasteiger partial charge in [-0.15, -0.1) is 0 Å². The molecule has 2 N–H and O–H groups in total. The second-order valence-electron chi connectivity index (χ2n) is 8.36. The number of likely N-dealkylation sites (tertiary alicyclic amines) is 1. The van der Waals surface area contributed by atoms with Gasteiger partial charge in [-0.1, -0.05) is 68.5 Å². The fourth-order valence-corrected chi connectivity index (χ4v) is 3.82. The van der Waals surface area contributed by atoms with Gasteiger partial charge in [0, 0.05) is 18.4 Å². The monoisotopic (exact) mass is 407 g/mol. The Balaban J connectivity index is 1.63. The minimum absolute atomic E-state index is 0.0305. The highest BCUT2D eigenvalue weighted by molar-refractivity contribution is 5.87. The summed E-state index contributed by atoms with van der Waals surface area (Å²) in [5.74, 6) is -0.831. The van der Waals surface area contributed by atoms with Crippen molar-refractivity contribution in [3.8, 4) is 0 Å². The summed E-state index contributed by atoms with van der Waals surface area (Å²) in [6, 6.07) is 16.6. The molecule has 1 aliphatic rings. The molecule has 158 valence electrons. The van der Waals surface area contributed by atoms with Crippen molar-refractivity contribution in [2.24, 2.45) is 0 Å². The zero-order valence-corrected chi connectivity index (χ0v) is 17.5. The summed E-state index contributed by atoms with van der Waals surface area (Å²) in [6.07, 6.45) is 5.00. The highest BCUT2D eigenvalue weighted by Crippen LogP contribution is 2.29. The topological polar surface area (TPSA) is 77.8 Å². The molecule has 0 saturated carbocycles. The number of aliphatic hydroxyl groups is 1. The number of nitrogens with zero attached hydrogens (tertiary/aromatic N) is 1. The van der Waals surface area contributed by atoms with E-state index in [1.54, 1.807) is 24.3 Å². The van der Waals surface area contributed by atoms with E-state index in [1.807, 2.05) is 61.2 Å². The van der Waals surface area contributed by atoms with Gasteiger partial charge in [0.15, 0.2) is 0 Å². The maximum absolute atomic E-state index is 12.4. The fraction of sp³-hybridized carbons (Fsp3) is 0.360. The second kappa shape index (κ2) is 9.26. The number of aliphatic hydroxyl groups excluding tert-OH is 1. The number of carboxylic acid groups (broad SMARTS) is 1. The lowest BCUT2D eigenvalue weighted by Gasteiger charge is -2.30. The molecule has 3 rings (SSSR count). The molecule has 0 spiro atoms. The van der Waals surface area contributed by atoms with E-state index in [4.69, 9.17) is 5.11 Å². The summed E-state index contributed by atoms with van der Waals surface area (Å²) in [5, 5.41) is 19.8. The Morgan fingerprint density at radius 2 is 1.83 bits per heavy atom. The van der Waals surface area contributed by atoms with E-state index in [9.17, 15) is 14.7 Å². The number of hydrogen-bond acceptors (Lipinski definition) is 3. The predicted molar refractivity (Wildman–Crippen MR) is 116 cm³/mol. The van der Waals surface area contributed by atoms with Crippen LogP contribution >= 0.6 is 0 Å². The van der Waals surface area contributed by atoms with Crippen LogP contribution in [0.3, 0.4) is 0 Å². The van der Waals surface area contributed by atoms with Crippen LogP contribution in [-0.2, 0) is 16.6 Å². The van der Waals surface area contributed by atoms with Gasteiger partial charge in [-0.3, -0.25) is 4.79 Å². The quantitative estimate of drug-likeness (QED) is 0.652. The van der Waals surface area contributed by atoms with Gasteiger partial charge in [0.1, 0.15) is 0 Å². The van der Waals surface area contributed by atoms with Gasteiger partial charge in [-0.2, -0.15) is 0 Å². The number of amides is 1. The molecule has 1 amide bonds. The van der Waals surface area contributed by atoms with Crippen molar-refractivity contribution in [3.05, 3.63) is 83.4 Å². The average Bonchev–Trinajstić information content (AvgIpc) is 3.10. The first-order chi connectivity index (χ1) is 14.3. The molecule has 0 aromatic heterocycles. The van der Waals surface area contributed by atoms with Crippen molar-refractivity contribution >= 4 is 11.9 Å². The van der Waals surface area contributed by atoms with Crippen molar-refractivity contribution in [2.45, 2.75) is 50.7 Å². The number of carboxylic acids is 1. The number of benzene rings is 2. The predicted octanol–water partition coefficient (Wildman–Crippen LogP) is 3.81. The van der Waals surface area contributed by atoms with Crippen LogP contribution in [0.1, 0.15) is 48.2 Å². The molecule has 1 saturated heterocycles. The first kappa shape index (κ1) is 21.8. The van der Waals surface area contributed by atoms with Crippen LogP contribution in [0.15, 0.2) is 66.7 Å². The number of carbonyl (C=O) groups excluding carboxylic acids is 1. The first-order valence-electron chi connectivity index (χ1n) is 10.3. The molecule has 1 aliphatic heterocycles. The third-order valence-corrected chi connectivity index (χ3v) is 5.99. The number of aromatic carboxylic acids is 1. The fourth-order valence-electron chi connectivity index (χ4n) is 3.82. The van der Waals surface area contributed by atoms with Crippen LogP contribution in [-0.4, -0.2) is 45.7 Å². The maximum atomic E-state index is 12.4. The molecule has 0 unspecified atom stereocenters. The summed E-state index contributed by atoms with van der Waals surface area (Å²) >= 11 is 0. The van der Waals surface area contributed by atoms with Crippen LogP contribution < -0.4 is 0 Å². The molecule has 0 bridgehead atoms. The lowest BCUT2D eigenvalue weighted by molar-refractivity contribution is -0.128. The van der Waals surface area contributed by atoms with Crippen LogP contribution in [0.25, 0.3) is 0 Å². The molecule has 30 heavy (non-hydrogen) atoms. The van der Waals surface area contributed by atoms with Crippen molar-refractivity contribution in [1.82, 2.24) is 4.90 Å². The molecule has 1 heterocycles. The van der Waals surface area contributed by atoms with Crippen LogP contribution in [0.2, 0.25) is 0 Å². The molecule has 2 aromatic carbocycles. The highest BCUT2D eigenvalue weighted by Gasteiger charge is 2.31. The number of carbonyl (C=O) groups is 2. The van der Waals surface area contributed by atoms with Gasteiger partial charge >= 0.3 is 5.97 Å². The number of rotatable bonds is 8. The molecule has 5 nitrogen and oxygen atoms in total. The zero-order valence-electron chi connectivity index (χ0n) is 17.5. The molecule has 2 aromatic rings. The molecular weight excluding hydrogens is 378 g/mol. The standard InChI is InChI=1S/C25H29NO4/c1-25(2,20-6-4-3-5-7-20)22(27)14-12-21-13-15-23(28)26(21)17-16-18-8-10-19(11-9-18)24(29)30/h3-12,14,21-22,27H,13,15-17H2,1-2H3,(H,29,30)/b14-12+/t21-,22+/m0/s1. The Hall–Kier alpha value is -2.92. The maximum Gasteiger partial charge on any atom is 0.335 e. The molecule has 0 aliphatic carbocycles. The van der Waals surface area contributed by atoms with E-state index in [1.165, 1.54) is 0 Å². The molecule has 0 radical (unpaired) electrons. The Kier molecular flexibility index (Phi) is 6.73. The van der Waals surface area contributed by atoms with Crippen molar-refractivity contribution in [2.75, 3.05) is 6.54 Å². The van der Waals surface area contributed by atoms with Crippen LogP contribution in [0.5, 0.6) is 0 Å².